The Kier molecular flexibility index (Phi) is 5.13. The lowest BCUT2D eigenvalue weighted by Crippen LogP contribution is -2.27. The fourth-order valence-electron chi connectivity index (χ4n) is 3.00. The van der Waals surface area contributed by atoms with Crippen LogP contribution >= 0.6 is 11.6 Å². The number of halogens is 3. The normalized spacial score (nSPS) is 15.6. The van der Waals surface area contributed by atoms with E-state index in [9.17, 15) is 8.78 Å². The monoisotopic (exact) mass is 337 g/mol. The summed E-state index contributed by atoms with van der Waals surface area (Å²) in [4.78, 5) is 0. The van der Waals surface area contributed by atoms with E-state index in [0.29, 0.717) is 5.92 Å². The number of nitrogens with one attached hydrogen (secondary N) is 1. The second-order valence-electron chi connectivity index (χ2n) is 5.71. The summed E-state index contributed by atoms with van der Waals surface area (Å²) in [7, 11) is 0. The van der Waals surface area contributed by atoms with Crippen molar-refractivity contribution < 1.29 is 13.5 Å². The lowest BCUT2D eigenvalue weighted by molar-refractivity contribution is 0.287. The molecule has 0 unspecified atom stereocenters. The van der Waals surface area contributed by atoms with Crippen molar-refractivity contribution in [3.05, 3.63) is 64.2 Å². The highest BCUT2D eigenvalue weighted by Crippen LogP contribution is 2.31. The Morgan fingerprint density at radius 2 is 1.91 bits per heavy atom. The molecule has 0 atom stereocenters. The SMILES string of the molecule is Fc1ccc(C2CCNCC2)c(COc2c(F)cccc2Cl)c1. The molecule has 0 saturated carbocycles. The molecule has 0 aromatic heterocycles. The van der Waals surface area contributed by atoms with E-state index in [-0.39, 0.29) is 23.2 Å². The number of benzene rings is 2. The van der Waals surface area contributed by atoms with E-state index in [1.807, 2.05) is 6.07 Å². The Morgan fingerprint density at radius 1 is 1.13 bits per heavy atom. The highest BCUT2D eigenvalue weighted by Gasteiger charge is 2.19. The maximum Gasteiger partial charge on any atom is 0.174 e. The maximum absolute atomic E-state index is 13.8. The molecule has 1 fully saturated rings. The van der Waals surface area contributed by atoms with Crippen LogP contribution in [0.5, 0.6) is 5.75 Å². The van der Waals surface area contributed by atoms with Crippen LogP contribution in [0, 0.1) is 11.6 Å². The molecule has 0 amide bonds. The van der Waals surface area contributed by atoms with Gasteiger partial charge in [-0.15, -0.1) is 0 Å². The van der Waals surface area contributed by atoms with Crippen molar-refractivity contribution in [2.75, 3.05) is 13.1 Å². The molecule has 5 heteroatoms. The second kappa shape index (κ2) is 7.28. The highest BCUT2D eigenvalue weighted by molar-refractivity contribution is 6.32. The van der Waals surface area contributed by atoms with Gasteiger partial charge in [0.15, 0.2) is 11.6 Å². The molecule has 0 spiro atoms. The highest BCUT2D eigenvalue weighted by atomic mass is 35.5. The first-order valence-electron chi connectivity index (χ1n) is 7.71. The topological polar surface area (TPSA) is 21.3 Å². The van der Waals surface area contributed by atoms with Gasteiger partial charge in [-0.25, -0.2) is 8.78 Å². The van der Waals surface area contributed by atoms with Crippen molar-refractivity contribution >= 4 is 11.6 Å². The van der Waals surface area contributed by atoms with Crippen molar-refractivity contribution in [3.63, 3.8) is 0 Å². The smallest absolute Gasteiger partial charge is 0.174 e. The molecule has 2 aromatic rings. The van der Waals surface area contributed by atoms with Gasteiger partial charge in [-0.1, -0.05) is 23.7 Å². The van der Waals surface area contributed by atoms with Gasteiger partial charge in [0.1, 0.15) is 12.4 Å². The van der Waals surface area contributed by atoms with Crippen LogP contribution in [0.4, 0.5) is 8.78 Å². The number of para-hydroxylation sites is 1. The van der Waals surface area contributed by atoms with Crippen molar-refractivity contribution in [3.8, 4) is 5.75 Å². The standard InChI is InChI=1S/C18H18ClF2NO/c19-16-2-1-3-17(21)18(16)23-11-13-10-14(20)4-5-15(13)12-6-8-22-9-7-12/h1-5,10,12,22H,6-9,11H2. The molecule has 0 bridgehead atoms. The van der Waals surface area contributed by atoms with Crippen LogP contribution in [0.15, 0.2) is 36.4 Å². The number of hydrogen-bond acceptors (Lipinski definition) is 2. The summed E-state index contributed by atoms with van der Waals surface area (Å²) in [6.07, 6.45) is 2.00. The predicted octanol–water partition coefficient (Wildman–Crippen LogP) is 4.66. The van der Waals surface area contributed by atoms with E-state index in [1.165, 1.54) is 24.3 Å². The van der Waals surface area contributed by atoms with E-state index in [4.69, 9.17) is 16.3 Å². The zero-order valence-electron chi connectivity index (χ0n) is 12.6. The molecule has 0 radical (unpaired) electrons. The van der Waals surface area contributed by atoms with Gasteiger partial charge in [-0.2, -0.15) is 0 Å². The van der Waals surface area contributed by atoms with Crippen molar-refractivity contribution in [2.45, 2.75) is 25.4 Å². The molecule has 3 rings (SSSR count). The molecule has 122 valence electrons. The molecule has 1 aliphatic heterocycles. The van der Waals surface area contributed by atoms with E-state index >= 15 is 0 Å². The Bertz CT molecular complexity index is 666. The molecular weight excluding hydrogens is 320 g/mol. The summed E-state index contributed by atoms with van der Waals surface area (Å²) < 4.78 is 33.0. The first-order chi connectivity index (χ1) is 11.1. The summed E-state index contributed by atoms with van der Waals surface area (Å²) in [6, 6.07) is 9.13. The largest absolute Gasteiger partial charge is 0.484 e. The molecule has 1 heterocycles. The van der Waals surface area contributed by atoms with Crippen LogP contribution in [-0.4, -0.2) is 13.1 Å². The summed E-state index contributed by atoms with van der Waals surface area (Å²) in [5, 5.41) is 3.53. The fourth-order valence-corrected chi connectivity index (χ4v) is 3.22. The van der Waals surface area contributed by atoms with Gasteiger partial charge >= 0.3 is 0 Å². The van der Waals surface area contributed by atoms with Gasteiger partial charge in [-0.3, -0.25) is 0 Å². The fraction of sp³-hybridized carbons (Fsp3) is 0.333. The van der Waals surface area contributed by atoms with Gasteiger partial charge in [0.25, 0.3) is 0 Å². The van der Waals surface area contributed by atoms with Crippen LogP contribution in [0.3, 0.4) is 0 Å². The van der Waals surface area contributed by atoms with Crippen molar-refractivity contribution in [1.82, 2.24) is 5.32 Å². The zero-order valence-corrected chi connectivity index (χ0v) is 13.4. The molecule has 1 aliphatic rings. The third kappa shape index (κ3) is 3.82. The van der Waals surface area contributed by atoms with Gasteiger partial charge < -0.3 is 10.1 Å². The third-order valence-electron chi connectivity index (χ3n) is 4.17. The van der Waals surface area contributed by atoms with E-state index in [0.717, 1.165) is 37.1 Å². The third-order valence-corrected chi connectivity index (χ3v) is 4.47. The summed E-state index contributed by atoms with van der Waals surface area (Å²) >= 11 is 5.97. The van der Waals surface area contributed by atoms with Gasteiger partial charge in [0.2, 0.25) is 0 Å². The summed E-state index contributed by atoms with van der Waals surface area (Å²) in [6.45, 7) is 1.99. The number of piperidine rings is 1. The lowest BCUT2D eigenvalue weighted by atomic mass is 9.87. The summed E-state index contributed by atoms with van der Waals surface area (Å²) in [5.74, 6) is -0.459. The van der Waals surface area contributed by atoms with Crippen molar-refractivity contribution in [2.24, 2.45) is 0 Å². The Balaban J connectivity index is 1.82. The average Bonchev–Trinajstić information content (AvgIpc) is 2.55. The minimum Gasteiger partial charge on any atom is -0.484 e. The molecule has 2 aromatic carbocycles. The van der Waals surface area contributed by atoms with E-state index in [1.54, 1.807) is 6.07 Å². The molecule has 23 heavy (non-hydrogen) atoms. The van der Waals surface area contributed by atoms with E-state index in [2.05, 4.69) is 5.32 Å². The minimum atomic E-state index is -0.516. The first kappa shape index (κ1) is 16.2. The van der Waals surface area contributed by atoms with Crippen LogP contribution in [0.1, 0.15) is 29.9 Å². The van der Waals surface area contributed by atoms with Crippen LogP contribution in [-0.2, 0) is 6.61 Å². The molecule has 0 aliphatic carbocycles. The molecular formula is C18H18ClF2NO. The average molecular weight is 338 g/mol. The Morgan fingerprint density at radius 3 is 2.65 bits per heavy atom. The zero-order chi connectivity index (χ0) is 16.2. The molecule has 1 N–H and O–H groups in total. The van der Waals surface area contributed by atoms with Crippen molar-refractivity contribution in [1.29, 1.82) is 0 Å². The Hall–Kier alpha value is -1.65. The van der Waals surface area contributed by atoms with E-state index < -0.39 is 5.82 Å². The van der Waals surface area contributed by atoms with Gasteiger partial charge in [0.05, 0.1) is 5.02 Å². The van der Waals surface area contributed by atoms with Crippen LogP contribution in [0.2, 0.25) is 5.02 Å². The lowest BCUT2D eigenvalue weighted by Gasteiger charge is -2.25. The number of ether oxygens (including phenoxy) is 1. The minimum absolute atomic E-state index is 0.00897. The van der Waals surface area contributed by atoms with Gasteiger partial charge in [0, 0.05) is 0 Å². The van der Waals surface area contributed by atoms with Crippen LogP contribution < -0.4 is 10.1 Å². The van der Waals surface area contributed by atoms with Gasteiger partial charge in [-0.05, 0) is 67.2 Å². The molecule has 2 nitrogen and oxygen atoms in total. The molecule has 1 saturated heterocycles. The number of hydrogen-bond donors (Lipinski definition) is 1. The first-order valence-corrected chi connectivity index (χ1v) is 8.09. The predicted molar refractivity (Wildman–Crippen MR) is 87.0 cm³/mol. The summed E-state index contributed by atoms with van der Waals surface area (Å²) in [5.41, 5.74) is 1.82. The maximum atomic E-state index is 13.8. The van der Waals surface area contributed by atoms with Crippen LogP contribution in [0.25, 0.3) is 0 Å². The quantitative estimate of drug-likeness (QED) is 0.875. The number of rotatable bonds is 4. The second-order valence-corrected chi connectivity index (χ2v) is 6.11. The Labute approximate surface area is 139 Å².